The Balaban J connectivity index is 1.61. The predicted molar refractivity (Wildman–Crippen MR) is 91.9 cm³/mol. The molecule has 0 radical (unpaired) electrons. The van der Waals surface area contributed by atoms with Crippen molar-refractivity contribution in [3.8, 4) is 22.9 Å². The summed E-state index contributed by atoms with van der Waals surface area (Å²) in [6.45, 7) is 0. The van der Waals surface area contributed by atoms with Gasteiger partial charge >= 0.3 is 5.76 Å². The summed E-state index contributed by atoms with van der Waals surface area (Å²) in [4.78, 5) is 11.6. The van der Waals surface area contributed by atoms with Crippen molar-refractivity contribution in [2.45, 2.75) is 38.0 Å². The molecule has 1 saturated carbocycles. The number of rotatable bonds is 3. The van der Waals surface area contributed by atoms with Crippen LogP contribution in [-0.2, 0) is 7.05 Å². The number of benzene rings is 1. The van der Waals surface area contributed by atoms with Gasteiger partial charge in [0.15, 0.2) is 5.58 Å². The number of aromatic nitrogens is 3. The largest absolute Gasteiger partial charge is 0.507 e. The lowest BCUT2D eigenvalue weighted by atomic mass is 9.96. The van der Waals surface area contributed by atoms with E-state index in [2.05, 4.69) is 10.2 Å². The highest BCUT2D eigenvalue weighted by Crippen LogP contribution is 2.32. The summed E-state index contributed by atoms with van der Waals surface area (Å²) in [5.74, 6) is -0.317. The number of halogens is 1. The monoisotopic (exact) mass is 359 g/mol. The summed E-state index contributed by atoms with van der Waals surface area (Å²) in [6, 6.07) is 6.20. The van der Waals surface area contributed by atoms with Crippen molar-refractivity contribution in [3.05, 3.63) is 34.8 Å². The predicted octanol–water partition coefficient (Wildman–Crippen LogP) is 2.95. The zero-order valence-electron chi connectivity index (χ0n) is 14.2. The molecule has 0 amide bonds. The zero-order chi connectivity index (χ0) is 18.3. The van der Waals surface area contributed by atoms with Gasteiger partial charge in [0.2, 0.25) is 5.88 Å². The molecular weight excluding hydrogens is 341 g/mol. The Hall–Kier alpha value is -2.90. The van der Waals surface area contributed by atoms with Gasteiger partial charge < -0.3 is 14.3 Å². The molecule has 0 saturated heterocycles. The number of phenolic OH excluding ortho intramolecular Hbond substituents is 1. The first kappa shape index (κ1) is 16.6. The van der Waals surface area contributed by atoms with Crippen molar-refractivity contribution >= 4 is 11.1 Å². The van der Waals surface area contributed by atoms with Crippen molar-refractivity contribution < 1.29 is 18.7 Å². The van der Waals surface area contributed by atoms with Gasteiger partial charge in [-0.2, -0.15) is 0 Å². The number of fused-ring (bicyclic) bond motifs is 1. The van der Waals surface area contributed by atoms with E-state index < -0.39 is 18.0 Å². The van der Waals surface area contributed by atoms with Crippen LogP contribution in [-0.4, -0.2) is 32.1 Å². The van der Waals surface area contributed by atoms with Crippen LogP contribution in [0.5, 0.6) is 11.6 Å². The summed E-state index contributed by atoms with van der Waals surface area (Å²) < 4.78 is 25.9. The number of phenols is 1. The highest BCUT2D eigenvalue weighted by atomic mass is 19.1. The molecule has 1 aliphatic rings. The molecule has 8 heteroatoms. The van der Waals surface area contributed by atoms with E-state index in [-0.39, 0.29) is 11.6 Å². The van der Waals surface area contributed by atoms with Crippen LogP contribution < -0.4 is 10.5 Å². The lowest BCUT2D eigenvalue weighted by Crippen LogP contribution is -2.32. The molecule has 1 fully saturated rings. The zero-order valence-corrected chi connectivity index (χ0v) is 14.2. The Morgan fingerprint density at radius 1 is 1.27 bits per heavy atom. The normalized spacial score (nSPS) is 20.4. The topological polar surface area (TPSA) is 90.4 Å². The molecule has 0 aliphatic heterocycles. The fourth-order valence-corrected chi connectivity index (χ4v) is 3.23. The molecule has 2 atom stereocenters. The molecule has 0 spiro atoms. The van der Waals surface area contributed by atoms with Crippen molar-refractivity contribution in [3.63, 3.8) is 0 Å². The van der Waals surface area contributed by atoms with E-state index in [1.807, 2.05) is 0 Å². The number of hydrogen-bond acceptors (Lipinski definition) is 6. The van der Waals surface area contributed by atoms with Gasteiger partial charge in [-0.05, 0) is 31.4 Å². The molecule has 26 heavy (non-hydrogen) atoms. The maximum absolute atomic E-state index is 13.9. The van der Waals surface area contributed by atoms with E-state index >= 15 is 0 Å². The number of hydrogen-bond donors (Lipinski definition) is 1. The maximum atomic E-state index is 13.9. The Bertz CT molecular complexity index is 996. The first-order chi connectivity index (χ1) is 12.5. The fourth-order valence-electron chi connectivity index (χ4n) is 3.23. The van der Waals surface area contributed by atoms with Crippen LogP contribution in [0, 0.1) is 0 Å². The number of aromatic hydroxyl groups is 1. The summed E-state index contributed by atoms with van der Waals surface area (Å²) in [5.41, 5.74) is 1.60. The van der Waals surface area contributed by atoms with Gasteiger partial charge in [0.25, 0.3) is 0 Å². The second kappa shape index (κ2) is 6.44. The second-order valence-corrected chi connectivity index (χ2v) is 6.48. The number of ether oxygens (including phenoxy) is 1. The third-order valence-corrected chi connectivity index (χ3v) is 4.72. The Morgan fingerprint density at radius 3 is 2.81 bits per heavy atom. The molecule has 1 N–H and O–H groups in total. The minimum atomic E-state index is -0.988. The molecule has 1 aromatic carbocycles. The summed E-state index contributed by atoms with van der Waals surface area (Å²) in [7, 11) is 1.56. The highest BCUT2D eigenvalue weighted by molar-refractivity contribution is 5.83. The van der Waals surface area contributed by atoms with Crippen molar-refractivity contribution in [2.24, 2.45) is 7.05 Å². The number of oxazole rings is 1. The lowest BCUT2D eigenvalue weighted by molar-refractivity contribution is 0.0594. The summed E-state index contributed by atoms with van der Waals surface area (Å²) in [6.07, 6.45) is 1.50. The number of alkyl halides is 1. The third kappa shape index (κ3) is 2.91. The van der Waals surface area contributed by atoms with Crippen LogP contribution in [0.2, 0.25) is 0 Å². The van der Waals surface area contributed by atoms with Crippen molar-refractivity contribution in [1.82, 2.24) is 14.8 Å². The average Bonchev–Trinajstić information content (AvgIpc) is 2.91. The van der Waals surface area contributed by atoms with Crippen LogP contribution >= 0.6 is 0 Å². The van der Waals surface area contributed by atoms with Crippen LogP contribution in [0.15, 0.2) is 33.5 Å². The average molecular weight is 359 g/mol. The standard InChI is InChI=1S/C18H18FN3O4/c1-22-13-9-14(23)10(8-16(13)26-18(22)24)12-6-7-17(21-20-12)25-15-5-3-2-4-11(15)19/h6-9,11,15,23H,2-5H2,1H3/t11-,15+/m1/s1. The number of nitrogens with zero attached hydrogens (tertiary/aromatic N) is 3. The van der Waals surface area contributed by atoms with Gasteiger partial charge in [-0.15, -0.1) is 10.2 Å². The first-order valence-electron chi connectivity index (χ1n) is 8.50. The molecule has 2 aromatic heterocycles. The Kier molecular flexibility index (Phi) is 4.10. The van der Waals surface area contributed by atoms with Gasteiger partial charge in [-0.25, -0.2) is 9.18 Å². The Morgan fingerprint density at radius 2 is 2.08 bits per heavy atom. The molecule has 2 heterocycles. The van der Waals surface area contributed by atoms with E-state index in [1.54, 1.807) is 19.2 Å². The molecule has 0 unspecified atom stereocenters. The maximum Gasteiger partial charge on any atom is 0.419 e. The molecule has 1 aliphatic carbocycles. The van der Waals surface area contributed by atoms with E-state index in [1.165, 1.54) is 16.7 Å². The van der Waals surface area contributed by atoms with Gasteiger partial charge in [0, 0.05) is 24.7 Å². The second-order valence-electron chi connectivity index (χ2n) is 6.48. The van der Waals surface area contributed by atoms with E-state index in [0.717, 1.165) is 12.8 Å². The number of aryl methyl sites for hydroxylation is 1. The van der Waals surface area contributed by atoms with Gasteiger partial charge in [-0.1, -0.05) is 6.42 Å². The Labute approximate surface area is 148 Å². The van der Waals surface area contributed by atoms with E-state index in [0.29, 0.717) is 35.2 Å². The quantitative estimate of drug-likeness (QED) is 0.773. The van der Waals surface area contributed by atoms with Crippen LogP contribution in [0.4, 0.5) is 4.39 Å². The molecular formula is C18H18FN3O4. The van der Waals surface area contributed by atoms with Gasteiger partial charge in [-0.3, -0.25) is 4.57 Å². The van der Waals surface area contributed by atoms with Crippen molar-refractivity contribution in [1.29, 1.82) is 0 Å². The van der Waals surface area contributed by atoms with Crippen LogP contribution in [0.1, 0.15) is 25.7 Å². The third-order valence-electron chi connectivity index (χ3n) is 4.72. The lowest BCUT2D eigenvalue weighted by Gasteiger charge is -2.25. The van der Waals surface area contributed by atoms with Crippen LogP contribution in [0.25, 0.3) is 22.4 Å². The first-order valence-corrected chi connectivity index (χ1v) is 8.50. The van der Waals surface area contributed by atoms with Crippen LogP contribution in [0.3, 0.4) is 0 Å². The smallest absolute Gasteiger partial charge is 0.419 e. The molecule has 3 aromatic rings. The fraction of sp³-hybridized carbons (Fsp3) is 0.389. The summed E-state index contributed by atoms with van der Waals surface area (Å²) >= 11 is 0. The molecule has 4 rings (SSSR count). The van der Waals surface area contributed by atoms with Gasteiger partial charge in [0.05, 0.1) is 11.2 Å². The summed E-state index contributed by atoms with van der Waals surface area (Å²) in [5, 5.41) is 18.3. The minimum absolute atomic E-state index is 0.0482. The van der Waals surface area contributed by atoms with Crippen molar-refractivity contribution in [2.75, 3.05) is 0 Å². The minimum Gasteiger partial charge on any atom is -0.507 e. The molecule has 0 bridgehead atoms. The van der Waals surface area contributed by atoms with E-state index in [4.69, 9.17) is 9.15 Å². The van der Waals surface area contributed by atoms with Gasteiger partial charge in [0.1, 0.15) is 18.0 Å². The molecule has 136 valence electrons. The SMILES string of the molecule is Cn1c(=O)oc2cc(-c3ccc(O[C@H]4CCCC[C@H]4F)nn3)c(O)cc21. The molecule has 7 nitrogen and oxygen atoms in total. The highest BCUT2D eigenvalue weighted by Gasteiger charge is 2.27. The van der Waals surface area contributed by atoms with E-state index in [9.17, 15) is 14.3 Å².